The van der Waals surface area contributed by atoms with Crippen molar-refractivity contribution in [3.05, 3.63) is 23.8 Å². The fourth-order valence-corrected chi connectivity index (χ4v) is 1.66. The van der Waals surface area contributed by atoms with Crippen molar-refractivity contribution in [2.75, 3.05) is 21.3 Å². The van der Waals surface area contributed by atoms with E-state index in [0.29, 0.717) is 12.3 Å². The lowest BCUT2D eigenvalue weighted by molar-refractivity contribution is -0.131. The van der Waals surface area contributed by atoms with Gasteiger partial charge in [0.1, 0.15) is 11.5 Å². The van der Waals surface area contributed by atoms with Crippen LogP contribution < -0.4 is 15.2 Å². The monoisotopic (exact) mass is 252 g/mol. The van der Waals surface area contributed by atoms with Crippen molar-refractivity contribution >= 4 is 5.91 Å². The average molecular weight is 252 g/mol. The number of hydrogen-bond donors (Lipinski definition) is 1. The molecule has 1 aromatic rings. The second-order valence-electron chi connectivity index (χ2n) is 4.16. The lowest BCUT2D eigenvalue weighted by Crippen LogP contribution is -2.39. The summed E-state index contributed by atoms with van der Waals surface area (Å²) in [6.07, 6.45) is 0. The minimum atomic E-state index is -0.501. The Hall–Kier alpha value is -1.75. The van der Waals surface area contributed by atoms with E-state index < -0.39 is 6.04 Å². The maximum Gasteiger partial charge on any atom is 0.239 e. The summed E-state index contributed by atoms with van der Waals surface area (Å²) in [5.74, 6) is 1.31. The predicted molar refractivity (Wildman–Crippen MR) is 69.7 cm³/mol. The van der Waals surface area contributed by atoms with E-state index in [2.05, 4.69) is 0 Å². The van der Waals surface area contributed by atoms with Gasteiger partial charge in [0.2, 0.25) is 5.91 Å². The van der Waals surface area contributed by atoms with Crippen molar-refractivity contribution in [1.82, 2.24) is 4.90 Å². The van der Waals surface area contributed by atoms with Gasteiger partial charge in [-0.05, 0) is 19.1 Å². The van der Waals surface area contributed by atoms with Crippen molar-refractivity contribution in [3.8, 4) is 11.5 Å². The number of likely N-dealkylation sites (N-methyl/N-ethyl adjacent to an activating group) is 1. The van der Waals surface area contributed by atoms with Crippen LogP contribution >= 0.6 is 0 Å². The number of nitrogens with two attached hydrogens (primary N) is 1. The Kier molecular flexibility index (Phi) is 4.97. The third-order valence-corrected chi connectivity index (χ3v) is 2.67. The number of ether oxygens (including phenoxy) is 2. The highest BCUT2D eigenvalue weighted by molar-refractivity contribution is 5.80. The molecule has 0 bridgehead atoms. The molecule has 0 spiro atoms. The molecule has 0 aromatic heterocycles. The summed E-state index contributed by atoms with van der Waals surface area (Å²) in [5, 5.41) is 0. The van der Waals surface area contributed by atoms with E-state index in [9.17, 15) is 4.79 Å². The number of methoxy groups -OCH3 is 2. The number of nitrogens with zero attached hydrogens (tertiary/aromatic N) is 1. The Morgan fingerprint density at radius 3 is 2.56 bits per heavy atom. The Bertz CT molecular complexity index is 419. The summed E-state index contributed by atoms with van der Waals surface area (Å²) < 4.78 is 10.4. The van der Waals surface area contributed by atoms with Crippen LogP contribution in [0.4, 0.5) is 0 Å². The molecule has 100 valence electrons. The molecule has 0 radical (unpaired) electrons. The normalized spacial score (nSPS) is 11.8. The molecular weight excluding hydrogens is 232 g/mol. The van der Waals surface area contributed by atoms with Crippen LogP contribution in [0.15, 0.2) is 18.2 Å². The van der Waals surface area contributed by atoms with Crippen LogP contribution in [0.3, 0.4) is 0 Å². The largest absolute Gasteiger partial charge is 0.497 e. The van der Waals surface area contributed by atoms with Crippen molar-refractivity contribution in [2.45, 2.75) is 19.5 Å². The molecule has 1 amide bonds. The van der Waals surface area contributed by atoms with Crippen LogP contribution in [0, 0.1) is 0 Å². The molecule has 5 nitrogen and oxygen atoms in total. The molecule has 5 heteroatoms. The highest BCUT2D eigenvalue weighted by atomic mass is 16.5. The van der Waals surface area contributed by atoms with E-state index in [1.54, 1.807) is 39.2 Å². The van der Waals surface area contributed by atoms with Crippen LogP contribution in [-0.2, 0) is 11.3 Å². The number of amides is 1. The minimum Gasteiger partial charge on any atom is -0.497 e. The first-order chi connectivity index (χ1) is 8.49. The maximum absolute atomic E-state index is 11.7. The van der Waals surface area contributed by atoms with E-state index in [1.807, 2.05) is 12.1 Å². The SMILES string of the molecule is COc1ccc(CN(C)C(=O)C(C)N)c(OC)c1. The van der Waals surface area contributed by atoms with E-state index in [0.717, 1.165) is 11.3 Å². The van der Waals surface area contributed by atoms with Crippen molar-refractivity contribution in [1.29, 1.82) is 0 Å². The zero-order valence-electron chi connectivity index (χ0n) is 11.3. The first-order valence-corrected chi connectivity index (χ1v) is 5.71. The van der Waals surface area contributed by atoms with Gasteiger partial charge in [-0.25, -0.2) is 0 Å². The second-order valence-corrected chi connectivity index (χ2v) is 4.16. The smallest absolute Gasteiger partial charge is 0.239 e. The van der Waals surface area contributed by atoms with Crippen LogP contribution in [-0.4, -0.2) is 38.1 Å². The van der Waals surface area contributed by atoms with Crippen molar-refractivity contribution < 1.29 is 14.3 Å². The van der Waals surface area contributed by atoms with Gasteiger partial charge in [-0.3, -0.25) is 4.79 Å². The van der Waals surface area contributed by atoms with E-state index in [-0.39, 0.29) is 5.91 Å². The van der Waals surface area contributed by atoms with Gasteiger partial charge in [0.25, 0.3) is 0 Å². The van der Waals surface area contributed by atoms with Crippen molar-refractivity contribution in [2.24, 2.45) is 5.73 Å². The van der Waals surface area contributed by atoms with Gasteiger partial charge in [-0.1, -0.05) is 0 Å². The Morgan fingerprint density at radius 2 is 2.06 bits per heavy atom. The third-order valence-electron chi connectivity index (χ3n) is 2.67. The zero-order chi connectivity index (χ0) is 13.7. The molecule has 0 fully saturated rings. The number of hydrogen-bond acceptors (Lipinski definition) is 4. The molecule has 0 aliphatic carbocycles. The van der Waals surface area contributed by atoms with Crippen LogP contribution in [0.25, 0.3) is 0 Å². The molecule has 18 heavy (non-hydrogen) atoms. The van der Waals surface area contributed by atoms with Gasteiger partial charge in [0, 0.05) is 25.2 Å². The molecule has 0 aliphatic rings. The molecule has 0 heterocycles. The van der Waals surface area contributed by atoms with Gasteiger partial charge in [-0.2, -0.15) is 0 Å². The summed E-state index contributed by atoms with van der Waals surface area (Å²) in [7, 11) is 4.90. The van der Waals surface area contributed by atoms with E-state index in [4.69, 9.17) is 15.2 Å². The van der Waals surface area contributed by atoms with Gasteiger partial charge in [0.05, 0.1) is 20.3 Å². The fraction of sp³-hybridized carbons (Fsp3) is 0.462. The molecule has 0 aliphatic heterocycles. The van der Waals surface area contributed by atoms with Crippen LogP contribution in [0.2, 0.25) is 0 Å². The van der Waals surface area contributed by atoms with Crippen molar-refractivity contribution in [3.63, 3.8) is 0 Å². The third kappa shape index (κ3) is 3.37. The van der Waals surface area contributed by atoms with Gasteiger partial charge in [-0.15, -0.1) is 0 Å². The molecule has 0 saturated carbocycles. The lowest BCUT2D eigenvalue weighted by atomic mass is 10.1. The van der Waals surface area contributed by atoms with Gasteiger partial charge < -0.3 is 20.1 Å². The quantitative estimate of drug-likeness (QED) is 0.849. The topological polar surface area (TPSA) is 64.8 Å². The second kappa shape index (κ2) is 6.26. The van der Waals surface area contributed by atoms with Crippen LogP contribution in [0.1, 0.15) is 12.5 Å². The number of carbonyl (C=O) groups excluding carboxylic acids is 1. The molecule has 0 saturated heterocycles. The summed E-state index contributed by atoms with van der Waals surface area (Å²) in [6, 6.07) is 5.00. The molecule has 1 rings (SSSR count). The highest BCUT2D eigenvalue weighted by Crippen LogP contribution is 2.25. The first-order valence-electron chi connectivity index (χ1n) is 5.71. The van der Waals surface area contributed by atoms with Gasteiger partial charge >= 0.3 is 0 Å². The number of rotatable bonds is 5. The number of carbonyl (C=O) groups is 1. The molecular formula is C13H20N2O3. The van der Waals surface area contributed by atoms with E-state index >= 15 is 0 Å². The molecule has 1 atom stereocenters. The maximum atomic E-state index is 11.7. The van der Waals surface area contributed by atoms with E-state index in [1.165, 1.54) is 0 Å². The average Bonchev–Trinajstić information content (AvgIpc) is 2.37. The summed E-state index contributed by atoms with van der Waals surface area (Å²) in [5.41, 5.74) is 6.48. The molecule has 1 aromatic carbocycles. The van der Waals surface area contributed by atoms with Crippen LogP contribution in [0.5, 0.6) is 11.5 Å². The summed E-state index contributed by atoms with van der Waals surface area (Å²) >= 11 is 0. The standard InChI is InChI=1S/C13H20N2O3/c1-9(14)13(16)15(2)8-10-5-6-11(17-3)7-12(10)18-4/h5-7,9H,8,14H2,1-4H3. The lowest BCUT2D eigenvalue weighted by Gasteiger charge is -2.20. The first kappa shape index (κ1) is 14.3. The predicted octanol–water partition coefficient (Wildman–Crippen LogP) is 1.01. The fourth-order valence-electron chi connectivity index (χ4n) is 1.66. The molecule has 1 unspecified atom stereocenters. The Balaban J connectivity index is 2.87. The number of benzene rings is 1. The van der Waals surface area contributed by atoms with Gasteiger partial charge in [0.15, 0.2) is 0 Å². The molecule has 2 N–H and O–H groups in total. The summed E-state index contributed by atoms with van der Waals surface area (Å²) in [6.45, 7) is 2.12. The zero-order valence-corrected chi connectivity index (χ0v) is 11.3. The highest BCUT2D eigenvalue weighted by Gasteiger charge is 2.15. The minimum absolute atomic E-state index is 0.104. The Morgan fingerprint density at radius 1 is 1.39 bits per heavy atom. The Labute approximate surface area is 107 Å². The summed E-state index contributed by atoms with van der Waals surface area (Å²) in [4.78, 5) is 13.3.